The third-order valence-corrected chi connectivity index (χ3v) is 7.20. The number of benzene rings is 1. The number of aryl methyl sites for hydroxylation is 1. The number of aromatic nitrogens is 2. The van der Waals surface area contributed by atoms with Crippen molar-refractivity contribution in [3.63, 3.8) is 0 Å². The first kappa shape index (κ1) is 19.0. The predicted octanol–water partition coefficient (Wildman–Crippen LogP) is 0.446. The lowest BCUT2D eigenvalue weighted by atomic mass is 10.2. The van der Waals surface area contributed by atoms with Crippen molar-refractivity contribution in [2.45, 2.75) is 24.7 Å². The Bertz CT molecular complexity index is 995. The van der Waals surface area contributed by atoms with Crippen LogP contribution in [0.25, 0.3) is 0 Å². The second-order valence-electron chi connectivity index (χ2n) is 7.13. The largest absolute Gasteiger partial charge is 0.426 e. The number of hydrogen-bond donors (Lipinski definition) is 0. The zero-order chi connectivity index (χ0) is 19.9. The molecule has 28 heavy (non-hydrogen) atoms. The van der Waals surface area contributed by atoms with Crippen LogP contribution in [0.3, 0.4) is 0 Å². The van der Waals surface area contributed by atoms with E-state index in [1.165, 1.54) is 4.31 Å². The molecule has 0 atom stereocenters. The summed E-state index contributed by atoms with van der Waals surface area (Å²) in [5.41, 5.74) is 1.55. The van der Waals surface area contributed by atoms with Gasteiger partial charge in [0.15, 0.2) is 0 Å². The Hall–Kier alpha value is -2.30. The Kier molecular flexibility index (Phi) is 4.94. The maximum atomic E-state index is 13.0. The number of carbonyl (C=O) groups excluding carboxylic acids is 1. The highest BCUT2D eigenvalue weighted by Gasteiger charge is 2.31. The smallest absolute Gasteiger partial charge is 0.243 e. The number of nitrogens with zero attached hydrogens (tertiary/aromatic N) is 5. The minimum Gasteiger partial charge on any atom is -0.426 e. The van der Waals surface area contributed by atoms with Crippen molar-refractivity contribution in [1.29, 1.82) is 0 Å². The Morgan fingerprint density at radius 1 is 1.14 bits per heavy atom. The topological polar surface area (TPSA) is 99.8 Å². The lowest BCUT2D eigenvalue weighted by molar-refractivity contribution is -0.117. The summed E-state index contributed by atoms with van der Waals surface area (Å²) in [6.07, 6.45) is 0.901. The van der Waals surface area contributed by atoms with E-state index in [0.717, 1.165) is 17.8 Å². The third kappa shape index (κ3) is 3.54. The second-order valence-corrected chi connectivity index (χ2v) is 9.07. The fourth-order valence-corrected chi connectivity index (χ4v) is 5.12. The van der Waals surface area contributed by atoms with E-state index in [0.29, 0.717) is 44.4 Å². The van der Waals surface area contributed by atoms with Gasteiger partial charge >= 0.3 is 0 Å². The van der Waals surface area contributed by atoms with Gasteiger partial charge in [-0.25, -0.2) is 8.42 Å². The number of sulfonamides is 1. The molecule has 1 aromatic heterocycles. The maximum absolute atomic E-state index is 13.0. The van der Waals surface area contributed by atoms with E-state index >= 15 is 0 Å². The molecule has 1 aromatic carbocycles. The molecule has 2 aromatic rings. The molecule has 2 aliphatic heterocycles. The van der Waals surface area contributed by atoms with Crippen molar-refractivity contribution in [2.75, 3.05) is 44.7 Å². The maximum Gasteiger partial charge on any atom is 0.243 e. The fraction of sp³-hybridized carbons (Fsp3) is 0.500. The van der Waals surface area contributed by atoms with E-state index < -0.39 is 10.0 Å². The van der Waals surface area contributed by atoms with Gasteiger partial charge < -0.3 is 14.2 Å². The van der Waals surface area contributed by atoms with Crippen molar-refractivity contribution in [2.24, 2.45) is 0 Å². The Morgan fingerprint density at radius 2 is 1.89 bits per heavy atom. The standard InChI is InChI=1S/C18H23N5O4S/c1-13-19-20-17(27-13)5-6-22-7-9-23(10-8-22)28(25,26)15-3-4-16-14(11-15)12-18(24)21(16)2/h3-4,11H,5-10,12H2,1-2H3. The third-order valence-electron chi connectivity index (χ3n) is 5.31. The van der Waals surface area contributed by atoms with Gasteiger partial charge in [0.2, 0.25) is 27.7 Å². The second kappa shape index (κ2) is 7.26. The van der Waals surface area contributed by atoms with Crippen LogP contribution in [-0.2, 0) is 27.7 Å². The number of piperazine rings is 1. The van der Waals surface area contributed by atoms with Crippen LogP contribution in [-0.4, -0.2) is 73.5 Å². The van der Waals surface area contributed by atoms with E-state index in [9.17, 15) is 13.2 Å². The molecule has 1 amide bonds. The van der Waals surface area contributed by atoms with E-state index in [1.54, 1.807) is 37.1 Å². The number of likely N-dealkylation sites (N-methyl/N-ethyl adjacent to an activating group) is 1. The molecule has 10 heteroatoms. The van der Waals surface area contributed by atoms with Crippen LogP contribution in [0.1, 0.15) is 17.3 Å². The number of fused-ring (bicyclic) bond motifs is 1. The number of anilines is 1. The SMILES string of the molecule is Cc1nnc(CCN2CCN(S(=O)(=O)c3ccc4c(c3)CC(=O)N4C)CC2)o1. The number of amides is 1. The van der Waals surface area contributed by atoms with Crippen molar-refractivity contribution in [1.82, 2.24) is 19.4 Å². The predicted molar refractivity (Wildman–Crippen MR) is 101 cm³/mol. The Morgan fingerprint density at radius 3 is 2.57 bits per heavy atom. The molecule has 1 saturated heterocycles. The number of rotatable bonds is 5. The summed E-state index contributed by atoms with van der Waals surface area (Å²) in [4.78, 5) is 15.9. The normalized spacial score (nSPS) is 18.6. The van der Waals surface area contributed by atoms with Gasteiger partial charge in [0.05, 0.1) is 11.3 Å². The Labute approximate surface area is 164 Å². The van der Waals surface area contributed by atoms with Gasteiger partial charge in [0.1, 0.15) is 0 Å². The van der Waals surface area contributed by atoms with E-state index in [2.05, 4.69) is 15.1 Å². The van der Waals surface area contributed by atoms with Gasteiger partial charge in [0, 0.05) is 58.8 Å². The van der Waals surface area contributed by atoms with Crippen molar-refractivity contribution in [3.05, 3.63) is 35.5 Å². The number of hydrogen-bond acceptors (Lipinski definition) is 7. The van der Waals surface area contributed by atoms with Crippen LogP contribution in [0.4, 0.5) is 5.69 Å². The molecule has 0 bridgehead atoms. The molecule has 4 rings (SSSR count). The van der Waals surface area contributed by atoms with Gasteiger partial charge in [-0.05, 0) is 23.8 Å². The Balaban J connectivity index is 1.38. The van der Waals surface area contributed by atoms with E-state index in [-0.39, 0.29) is 17.2 Å². The molecule has 0 saturated carbocycles. The highest BCUT2D eigenvalue weighted by Crippen LogP contribution is 2.30. The first-order valence-corrected chi connectivity index (χ1v) is 10.7. The zero-order valence-corrected chi connectivity index (χ0v) is 16.8. The van der Waals surface area contributed by atoms with Gasteiger partial charge in [-0.15, -0.1) is 10.2 Å². The molecule has 2 aliphatic rings. The summed E-state index contributed by atoms with van der Waals surface area (Å²) < 4.78 is 32.9. The molecule has 0 N–H and O–H groups in total. The molecule has 0 aliphatic carbocycles. The summed E-state index contributed by atoms with van der Waals surface area (Å²) in [6.45, 7) is 4.68. The molecule has 9 nitrogen and oxygen atoms in total. The fourth-order valence-electron chi connectivity index (χ4n) is 3.64. The van der Waals surface area contributed by atoms with Crippen LogP contribution < -0.4 is 4.90 Å². The van der Waals surface area contributed by atoms with Gasteiger partial charge in [-0.1, -0.05) is 0 Å². The molecule has 0 unspecified atom stereocenters. The zero-order valence-electron chi connectivity index (χ0n) is 16.0. The van der Waals surface area contributed by atoms with Gasteiger partial charge in [-0.3, -0.25) is 4.79 Å². The average molecular weight is 405 g/mol. The van der Waals surface area contributed by atoms with Crippen LogP contribution in [0.5, 0.6) is 0 Å². The van der Waals surface area contributed by atoms with Crippen molar-refractivity contribution < 1.29 is 17.6 Å². The lowest BCUT2D eigenvalue weighted by Crippen LogP contribution is -2.49. The molecule has 1 fully saturated rings. The van der Waals surface area contributed by atoms with E-state index in [4.69, 9.17) is 4.42 Å². The number of carbonyl (C=O) groups is 1. The summed E-state index contributed by atoms with van der Waals surface area (Å²) >= 11 is 0. The summed E-state index contributed by atoms with van der Waals surface area (Å²) in [6, 6.07) is 4.94. The van der Waals surface area contributed by atoms with Gasteiger partial charge in [0.25, 0.3) is 0 Å². The molecular weight excluding hydrogens is 382 g/mol. The van der Waals surface area contributed by atoms with Crippen LogP contribution in [0.15, 0.2) is 27.5 Å². The molecule has 0 radical (unpaired) electrons. The minimum absolute atomic E-state index is 0.0189. The van der Waals surface area contributed by atoms with Crippen molar-refractivity contribution >= 4 is 21.6 Å². The average Bonchev–Trinajstić information content (AvgIpc) is 3.23. The van der Waals surface area contributed by atoms with E-state index in [1.807, 2.05) is 0 Å². The summed E-state index contributed by atoms with van der Waals surface area (Å²) in [7, 11) is -1.86. The molecule has 3 heterocycles. The highest BCUT2D eigenvalue weighted by atomic mass is 32.2. The summed E-state index contributed by atoms with van der Waals surface area (Å²) in [5, 5.41) is 7.80. The van der Waals surface area contributed by atoms with Crippen LogP contribution >= 0.6 is 0 Å². The first-order chi connectivity index (χ1) is 13.3. The monoisotopic (exact) mass is 405 g/mol. The highest BCUT2D eigenvalue weighted by molar-refractivity contribution is 7.89. The van der Waals surface area contributed by atoms with Crippen molar-refractivity contribution in [3.8, 4) is 0 Å². The molecule has 0 spiro atoms. The molecule has 150 valence electrons. The van der Waals surface area contributed by atoms with Crippen LogP contribution in [0, 0.1) is 6.92 Å². The lowest BCUT2D eigenvalue weighted by Gasteiger charge is -2.33. The first-order valence-electron chi connectivity index (χ1n) is 9.25. The molecular formula is C18H23N5O4S. The van der Waals surface area contributed by atoms with Crippen LogP contribution in [0.2, 0.25) is 0 Å². The minimum atomic E-state index is -3.57. The summed E-state index contributed by atoms with van der Waals surface area (Å²) in [5.74, 6) is 1.13. The quantitative estimate of drug-likeness (QED) is 0.712. The van der Waals surface area contributed by atoms with Gasteiger partial charge in [-0.2, -0.15) is 4.31 Å².